The molecule has 1 aliphatic rings. The van der Waals surface area contributed by atoms with E-state index in [1.807, 2.05) is 4.57 Å². The Labute approximate surface area is 174 Å². The minimum Gasteiger partial charge on any atom is -0.508 e. The molecule has 0 fully saturated rings. The molecule has 0 saturated carbocycles. The van der Waals surface area contributed by atoms with Crippen molar-refractivity contribution in [3.8, 4) is 17.0 Å². The highest BCUT2D eigenvalue weighted by atomic mass is 35.5. The molecule has 1 atom stereocenters. The van der Waals surface area contributed by atoms with Gasteiger partial charge in [0.2, 0.25) is 0 Å². The molecule has 0 amide bonds. The first-order chi connectivity index (χ1) is 13.8. The number of pyridine rings is 1. The van der Waals surface area contributed by atoms with Crippen molar-refractivity contribution in [3.63, 3.8) is 0 Å². The number of ether oxygens (including phenoxy) is 2. The normalized spacial score (nSPS) is 15.2. The Kier molecular flexibility index (Phi) is 6.34. The molecule has 1 unspecified atom stereocenters. The maximum absolute atomic E-state index is 14.9. The van der Waals surface area contributed by atoms with Gasteiger partial charge in [-0.15, -0.1) is 0 Å². The Balaban J connectivity index is 2.14. The van der Waals surface area contributed by atoms with E-state index in [4.69, 9.17) is 21.1 Å². The van der Waals surface area contributed by atoms with E-state index in [1.54, 1.807) is 19.4 Å². The fraction of sp³-hybridized carbons (Fsp3) is 0.409. The summed E-state index contributed by atoms with van der Waals surface area (Å²) < 4.78 is 27.4. The second-order valence-electron chi connectivity index (χ2n) is 7.54. The summed E-state index contributed by atoms with van der Waals surface area (Å²) >= 11 is 6.40. The summed E-state index contributed by atoms with van der Waals surface area (Å²) in [5.74, 6) is -0.626. The number of hydrogen-bond donors (Lipinski definition) is 1. The molecule has 2 heterocycles. The second kappa shape index (κ2) is 8.59. The highest BCUT2D eigenvalue weighted by Gasteiger charge is 2.31. The van der Waals surface area contributed by atoms with Gasteiger partial charge in [-0.05, 0) is 24.0 Å². The highest BCUT2D eigenvalue weighted by molar-refractivity contribution is 6.33. The van der Waals surface area contributed by atoms with Gasteiger partial charge in [-0.25, -0.2) is 4.39 Å². The molecule has 0 spiro atoms. The number of benzene rings is 1. The molecule has 1 aromatic heterocycles. The maximum Gasteiger partial charge on any atom is 0.193 e. The lowest BCUT2D eigenvalue weighted by Gasteiger charge is -2.34. The van der Waals surface area contributed by atoms with Crippen molar-refractivity contribution >= 4 is 17.4 Å². The van der Waals surface area contributed by atoms with Gasteiger partial charge in [0.05, 0.1) is 22.9 Å². The van der Waals surface area contributed by atoms with Crippen LogP contribution in [0, 0.1) is 11.7 Å². The zero-order valence-corrected chi connectivity index (χ0v) is 17.6. The molecule has 2 aromatic rings. The zero-order valence-electron chi connectivity index (χ0n) is 16.8. The number of fused-ring (bicyclic) bond motifs is 3. The Bertz CT molecular complexity index is 999. The van der Waals surface area contributed by atoms with Crippen molar-refractivity contribution in [1.82, 2.24) is 4.57 Å². The molecular formula is C22H25ClFNO4. The Morgan fingerprint density at radius 1 is 1.41 bits per heavy atom. The minimum absolute atomic E-state index is 0.000862. The van der Waals surface area contributed by atoms with E-state index in [0.29, 0.717) is 37.3 Å². The first-order valence-electron chi connectivity index (χ1n) is 9.53. The van der Waals surface area contributed by atoms with Gasteiger partial charge in [-0.1, -0.05) is 32.0 Å². The summed E-state index contributed by atoms with van der Waals surface area (Å²) in [7, 11) is 1.60. The molecule has 0 aliphatic carbocycles. The molecule has 5 nitrogen and oxygen atoms in total. The Hall–Kier alpha value is -2.31. The predicted octanol–water partition coefficient (Wildman–Crippen LogP) is 5.01. The lowest BCUT2D eigenvalue weighted by atomic mass is 9.87. The standard InChI is InChI=1S/C22H25ClFNO4/c1-12(2)16-8-14-9-19(29-7-5-6-28-4)22(24)21(23)20(14)17-10-18(27)15(13(3)26)11-25(16)17/h9-12,16,26H,3,5-8H2,1-2,4H3. The second-order valence-corrected chi connectivity index (χ2v) is 7.92. The number of aliphatic hydroxyl groups is 1. The maximum atomic E-state index is 14.9. The number of aromatic nitrogens is 1. The summed E-state index contributed by atoms with van der Waals surface area (Å²) in [4.78, 5) is 12.5. The van der Waals surface area contributed by atoms with E-state index < -0.39 is 11.2 Å². The third-order valence-corrected chi connectivity index (χ3v) is 5.56. The molecule has 1 aliphatic heterocycles. The molecular weight excluding hydrogens is 397 g/mol. The topological polar surface area (TPSA) is 60.7 Å². The molecule has 0 radical (unpaired) electrons. The van der Waals surface area contributed by atoms with Gasteiger partial charge < -0.3 is 19.1 Å². The van der Waals surface area contributed by atoms with E-state index in [0.717, 1.165) is 5.56 Å². The lowest BCUT2D eigenvalue weighted by molar-refractivity contribution is 0.170. The number of hydrogen-bond acceptors (Lipinski definition) is 4. The molecule has 0 bridgehead atoms. The summed E-state index contributed by atoms with van der Waals surface area (Å²) in [5.41, 5.74) is 1.56. The zero-order chi connectivity index (χ0) is 21.3. The molecule has 3 rings (SSSR count). The summed E-state index contributed by atoms with van der Waals surface area (Å²) in [6.45, 7) is 8.43. The third-order valence-electron chi connectivity index (χ3n) is 5.21. The Morgan fingerprint density at radius 2 is 2.14 bits per heavy atom. The number of methoxy groups -OCH3 is 1. The number of rotatable bonds is 7. The fourth-order valence-electron chi connectivity index (χ4n) is 3.70. The van der Waals surface area contributed by atoms with E-state index in [-0.39, 0.29) is 34.1 Å². The Morgan fingerprint density at radius 3 is 2.76 bits per heavy atom. The van der Waals surface area contributed by atoms with Crippen LogP contribution >= 0.6 is 11.6 Å². The summed E-state index contributed by atoms with van der Waals surface area (Å²) in [5, 5.41) is 9.69. The first-order valence-corrected chi connectivity index (χ1v) is 9.91. The number of halogens is 2. The van der Waals surface area contributed by atoms with Gasteiger partial charge in [0, 0.05) is 44.0 Å². The van der Waals surface area contributed by atoms with E-state index in [9.17, 15) is 14.3 Å². The predicted molar refractivity (Wildman–Crippen MR) is 112 cm³/mol. The fourth-order valence-corrected chi connectivity index (χ4v) is 4.01. The van der Waals surface area contributed by atoms with Crippen molar-refractivity contribution in [2.75, 3.05) is 20.3 Å². The van der Waals surface area contributed by atoms with Crippen molar-refractivity contribution in [2.45, 2.75) is 32.7 Å². The lowest BCUT2D eigenvalue weighted by Crippen LogP contribution is -2.27. The molecule has 156 valence electrons. The van der Waals surface area contributed by atoms with Crippen molar-refractivity contribution < 1.29 is 19.0 Å². The van der Waals surface area contributed by atoms with Crippen LogP contribution in [0.2, 0.25) is 5.02 Å². The smallest absolute Gasteiger partial charge is 0.193 e. The molecule has 1 aromatic carbocycles. The first kappa shape index (κ1) is 21.4. The van der Waals surface area contributed by atoms with Gasteiger partial charge in [-0.3, -0.25) is 4.79 Å². The van der Waals surface area contributed by atoms with Crippen LogP contribution in [0.3, 0.4) is 0 Å². The highest BCUT2D eigenvalue weighted by Crippen LogP contribution is 2.44. The van der Waals surface area contributed by atoms with Crippen LogP contribution in [0.25, 0.3) is 17.0 Å². The van der Waals surface area contributed by atoms with Gasteiger partial charge >= 0.3 is 0 Å². The average Bonchev–Trinajstić information content (AvgIpc) is 2.66. The third kappa shape index (κ3) is 4.05. The van der Waals surface area contributed by atoms with Gasteiger partial charge in [0.1, 0.15) is 5.76 Å². The largest absolute Gasteiger partial charge is 0.508 e. The van der Waals surface area contributed by atoms with Crippen LogP contribution in [-0.4, -0.2) is 30.0 Å². The van der Waals surface area contributed by atoms with Crippen molar-refractivity contribution in [1.29, 1.82) is 0 Å². The van der Waals surface area contributed by atoms with Crippen LogP contribution in [-0.2, 0) is 11.2 Å². The van der Waals surface area contributed by atoms with Crippen LogP contribution < -0.4 is 10.2 Å². The van der Waals surface area contributed by atoms with Crippen molar-refractivity contribution in [3.05, 3.63) is 57.1 Å². The van der Waals surface area contributed by atoms with Gasteiger partial charge in [0.25, 0.3) is 0 Å². The molecule has 7 heteroatoms. The summed E-state index contributed by atoms with van der Waals surface area (Å²) in [6, 6.07) is 3.05. The molecule has 29 heavy (non-hydrogen) atoms. The molecule has 1 N–H and O–H groups in total. The summed E-state index contributed by atoms with van der Waals surface area (Å²) in [6.07, 6.45) is 2.80. The number of nitrogens with zero attached hydrogens (tertiary/aromatic N) is 1. The minimum atomic E-state index is -0.652. The molecule has 0 saturated heterocycles. The van der Waals surface area contributed by atoms with E-state index in [2.05, 4.69) is 20.4 Å². The van der Waals surface area contributed by atoms with Crippen LogP contribution in [0.5, 0.6) is 5.75 Å². The van der Waals surface area contributed by atoms with Crippen molar-refractivity contribution in [2.24, 2.45) is 5.92 Å². The van der Waals surface area contributed by atoms with E-state index >= 15 is 0 Å². The average molecular weight is 422 g/mol. The van der Waals surface area contributed by atoms with Crippen LogP contribution in [0.1, 0.15) is 37.4 Å². The monoisotopic (exact) mass is 421 g/mol. The van der Waals surface area contributed by atoms with Gasteiger partial charge in [-0.2, -0.15) is 0 Å². The quantitative estimate of drug-likeness (QED) is 0.504. The van der Waals surface area contributed by atoms with Crippen LogP contribution in [0.4, 0.5) is 4.39 Å². The van der Waals surface area contributed by atoms with E-state index in [1.165, 1.54) is 6.07 Å². The van der Waals surface area contributed by atoms with Gasteiger partial charge in [0.15, 0.2) is 17.0 Å². The number of aliphatic hydroxyl groups excluding tert-OH is 1. The van der Waals surface area contributed by atoms with Crippen LogP contribution in [0.15, 0.2) is 29.7 Å². The SMILES string of the molecule is C=C(O)c1cn2c(cc1=O)-c1c(cc(OCCCOC)c(F)c1Cl)CC2C(C)C.